The van der Waals surface area contributed by atoms with E-state index in [0.29, 0.717) is 12.2 Å². The second-order valence-electron chi connectivity index (χ2n) is 7.44. The molecule has 0 aliphatic rings. The summed E-state index contributed by atoms with van der Waals surface area (Å²) in [6.07, 6.45) is -0.520. The van der Waals surface area contributed by atoms with Crippen molar-refractivity contribution in [2.24, 2.45) is 11.5 Å². The lowest BCUT2D eigenvalue weighted by Crippen LogP contribution is -2.57. The van der Waals surface area contributed by atoms with Gasteiger partial charge in [0, 0.05) is 12.8 Å². The van der Waals surface area contributed by atoms with E-state index in [9.17, 15) is 33.6 Å². The molecule has 15 nitrogen and oxygen atoms in total. The van der Waals surface area contributed by atoms with Crippen LogP contribution in [0.3, 0.4) is 0 Å². The van der Waals surface area contributed by atoms with Crippen LogP contribution in [0.5, 0.6) is 0 Å². The SMILES string of the molecule is CSCCC(N)C(=O)NC(CCC(N)=O)C(=O)NC(CCC(=O)O)C(=O)NC(CC(=O)O)C(=O)O. The first-order valence-electron chi connectivity index (χ1n) is 10.4. The molecule has 198 valence electrons. The molecule has 0 radical (unpaired) electrons. The Hall–Kier alpha value is -3.40. The van der Waals surface area contributed by atoms with Gasteiger partial charge in [0.1, 0.15) is 18.1 Å². The van der Waals surface area contributed by atoms with Gasteiger partial charge >= 0.3 is 17.9 Å². The fraction of sp³-hybridized carbons (Fsp3) is 0.632. The van der Waals surface area contributed by atoms with E-state index in [2.05, 4.69) is 10.6 Å². The number of amides is 4. The van der Waals surface area contributed by atoms with Gasteiger partial charge in [-0.1, -0.05) is 0 Å². The minimum Gasteiger partial charge on any atom is -0.481 e. The fourth-order valence-electron chi connectivity index (χ4n) is 2.67. The predicted molar refractivity (Wildman–Crippen MR) is 122 cm³/mol. The molecule has 10 N–H and O–H groups in total. The number of carboxylic acid groups (broad SMARTS) is 3. The first kappa shape index (κ1) is 31.6. The minimum absolute atomic E-state index is 0.258. The highest BCUT2D eigenvalue weighted by Crippen LogP contribution is 2.06. The Bertz CT molecular complexity index is 809. The van der Waals surface area contributed by atoms with Gasteiger partial charge < -0.3 is 42.7 Å². The van der Waals surface area contributed by atoms with Crippen molar-refractivity contribution in [3.05, 3.63) is 0 Å². The number of aliphatic carboxylic acids is 3. The smallest absolute Gasteiger partial charge is 0.326 e. The lowest BCUT2D eigenvalue weighted by atomic mass is 10.1. The topological polar surface area (TPSA) is 268 Å². The number of rotatable bonds is 18. The summed E-state index contributed by atoms with van der Waals surface area (Å²) in [7, 11) is 0. The minimum atomic E-state index is -1.84. The van der Waals surface area contributed by atoms with Crippen molar-refractivity contribution in [2.75, 3.05) is 12.0 Å². The van der Waals surface area contributed by atoms with Crippen molar-refractivity contribution in [3.63, 3.8) is 0 Å². The summed E-state index contributed by atoms with van der Waals surface area (Å²) in [5.74, 6) is -7.55. The lowest BCUT2D eigenvalue weighted by Gasteiger charge is -2.24. The highest BCUT2D eigenvalue weighted by molar-refractivity contribution is 7.98. The molecule has 0 saturated carbocycles. The zero-order chi connectivity index (χ0) is 27.1. The molecule has 0 aromatic heterocycles. The first-order chi connectivity index (χ1) is 16.3. The van der Waals surface area contributed by atoms with Gasteiger partial charge in [-0.25, -0.2) is 4.79 Å². The summed E-state index contributed by atoms with van der Waals surface area (Å²) in [5, 5.41) is 33.4. The molecular weight excluding hydrogens is 490 g/mol. The molecule has 0 aliphatic heterocycles. The van der Waals surface area contributed by atoms with Crippen LogP contribution in [0, 0.1) is 0 Å². The van der Waals surface area contributed by atoms with E-state index < -0.39 is 85.0 Å². The summed E-state index contributed by atoms with van der Waals surface area (Å²) < 4.78 is 0. The van der Waals surface area contributed by atoms with Gasteiger partial charge in [0.25, 0.3) is 0 Å². The van der Waals surface area contributed by atoms with Crippen LogP contribution in [0.1, 0.15) is 38.5 Å². The van der Waals surface area contributed by atoms with Gasteiger partial charge in [-0.15, -0.1) is 0 Å². The quantitative estimate of drug-likeness (QED) is 0.0909. The predicted octanol–water partition coefficient (Wildman–Crippen LogP) is -2.79. The average Bonchev–Trinajstić information content (AvgIpc) is 2.75. The molecule has 16 heteroatoms. The van der Waals surface area contributed by atoms with Crippen molar-refractivity contribution in [3.8, 4) is 0 Å². The maximum absolute atomic E-state index is 12.8. The molecule has 0 rings (SSSR count). The third-order valence-electron chi connectivity index (χ3n) is 4.56. The highest BCUT2D eigenvalue weighted by atomic mass is 32.2. The zero-order valence-electron chi connectivity index (χ0n) is 19.0. The van der Waals surface area contributed by atoms with E-state index in [4.69, 9.17) is 26.8 Å². The van der Waals surface area contributed by atoms with Crippen LogP contribution in [0.2, 0.25) is 0 Å². The van der Waals surface area contributed by atoms with Crippen molar-refractivity contribution >= 4 is 53.3 Å². The molecule has 0 saturated heterocycles. The van der Waals surface area contributed by atoms with Crippen LogP contribution < -0.4 is 27.4 Å². The summed E-state index contributed by atoms with van der Waals surface area (Å²) in [6.45, 7) is 0. The third-order valence-corrected chi connectivity index (χ3v) is 5.20. The molecule has 4 atom stereocenters. The Morgan fingerprint density at radius 2 is 1.23 bits per heavy atom. The number of carbonyl (C=O) groups is 7. The van der Waals surface area contributed by atoms with Crippen molar-refractivity contribution in [2.45, 2.75) is 62.7 Å². The van der Waals surface area contributed by atoms with Crippen molar-refractivity contribution in [1.82, 2.24) is 16.0 Å². The van der Waals surface area contributed by atoms with Crippen LogP contribution in [0.25, 0.3) is 0 Å². The molecule has 0 aliphatic carbocycles. The number of carbonyl (C=O) groups excluding carboxylic acids is 4. The number of hydrogen-bond donors (Lipinski definition) is 8. The van der Waals surface area contributed by atoms with Gasteiger partial charge in [-0.3, -0.25) is 28.8 Å². The first-order valence-corrected chi connectivity index (χ1v) is 11.8. The number of carboxylic acids is 3. The molecule has 0 spiro atoms. The number of thioether (sulfide) groups is 1. The van der Waals surface area contributed by atoms with E-state index in [-0.39, 0.29) is 12.8 Å². The van der Waals surface area contributed by atoms with Gasteiger partial charge in [0.15, 0.2) is 0 Å². The van der Waals surface area contributed by atoms with Crippen molar-refractivity contribution in [1.29, 1.82) is 0 Å². The maximum Gasteiger partial charge on any atom is 0.326 e. The number of nitrogens with two attached hydrogens (primary N) is 2. The zero-order valence-corrected chi connectivity index (χ0v) is 19.8. The van der Waals surface area contributed by atoms with Gasteiger partial charge in [-0.05, 0) is 31.3 Å². The van der Waals surface area contributed by atoms with E-state index >= 15 is 0 Å². The van der Waals surface area contributed by atoms with Gasteiger partial charge in [0.2, 0.25) is 23.6 Å². The van der Waals surface area contributed by atoms with Crippen LogP contribution >= 0.6 is 11.8 Å². The summed E-state index contributed by atoms with van der Waals surface area (Å²) in [4.78, 5) is 82.0. The van der Waals surface area contributed by atoms with E-state index in [0.717, 1.165) is 0 Å². The highest BCUT2D eigenvalue weighted by Gasteiger charge is 2.31. The lowest BCUT2D eigenvalue weighted by molar-refractivity contribution is -0.147. The largest absolute Gasteiger partial charge is 0.481 e. The molecule has 0 aromatic rings. The molecule has 0 fully saturated rings. The van der Waals surface area contributed by atoms with Crippen molar-refractivity contribution < 1.29 is 48.9 Å². The monoisotopic (exact) mass is 521 g/mol. The molecule has 0 heterocycles. The van der Waals surface area contributed by atoms with Crippen LogP contribution in [0.15, 0.2) is 0 Å². The second kappa shape index (κ2) is 16.3. The molecule has 35 heavy (non-hydrogen) atoms. The number of primary amides is 1. The van der Waals surface area contributed by atoms with E-state index in [1.54, 1.807) is 6.26 Å². The Balaban J connectivity index is 5.61. The normalized spacial score (nSPS) is 14.0. The Kier molecular flexibility index (Phi) is 14.7. The molecule has 0 bridgehead atoms. The maximum atomic E-state index is 12.8. The standard InChI is InChI=1S/C19H31N5O10S/c1-35-7-6-9(20)16(30)22-10(2-4-13(21)25)17(31)23-11(3-5-14(26)27)18(32)24-12(19(33)34)8-15(28)29/h9-12H,2-8,20H2,1H3,(H2,21,25)(H,22,30)(H,23,31)(H,24,32)(H,26,27)(H,28,29)(H,33,34). The Morgan fingerprint density at radius 3 is 1.66 bits per heavy atom. The Morgan fingerprint density at radius 1 is 0.743 bits per heavy atom. The van der Waals surface area contributed by atoms with Crippen LogP contribution in [0.4, 0.5) is 0 Å². The van der Waals surface area contributed by atoms with E-state index in [1.807, 2.05) is 5.32 Å². The van der Waals surface area contributed by atoms with E-state index in [1.165, 1.54) is 11.8 Å². The number of nitrogens with one attached hydrogen (secondary N) is 3. The summed E-state index contributed by atoms with van der Waals surface area (Å²) in [5.41, 5.74) is 10.9. The average molecular weight is 522 g/mol. The molecule has 4 unspecified atom stereocenters. The van der Waals surface area contributed by atoms with Gasteiger partial charge in [-0.2, -0.15) is 11.8 Å². The summed E-state index contributed by atoms with van der Waals surface area (Å²) in [6, 6.07) is -5.77. The molecular formula is C19H31N5O10S. The summed E-state index contributed by atoms with van der Waals surface area (Å²) >= 11 is 1.45. The van der Waals surface area contributed by atoms with Crippen LogP contribution in [-0.4, -0.2) is 93.0 Å². The fourth-order valence-corrected chi connectivity index (χ4v) is 3.16. The van der Waals surface area contributed by atoms with Crippen LogP contribution in [-0.2, 0) is 33.6 Å². The molecule has 4 amide bonds. The van der Waals surface area contributed by atoms with Gasteiger partial charge in [0.05, 0.1) is 12.5 Å². The number of hydrogen-bond acceptors (Lipinski definition) is 9. The molecule has 0 aromatic carbocycles. The third kappa shape index (κ3) is 13.8. The Labute approximate surface area is 204 Å². The second-order valence-corrected chi connectivity index (χ2v) is 8.43.